The summed E-state index contributed by atoms with van der Waals surface area (Å²) < 4.78 is 5.50. The highest BCUT2D eigenvalue weighted by molar-refractivity contribution is 5.65. The van der Waals surface area contributed by atoms with Crippen LogP contribution in [0, 0.1) is 0 Å². The van der Waals surface area contributed by atoms with Gasteiger partial charge in [-0.2, -0.15) is 0 Å². The fourth-order valence-electron chi connectivity index (χ4n) is 1.71. The summed E-state index contributed by atoms with van der Waals surface area (Å²) >= 11 is 0. The van der Waals surface area contributed by atoms with E-state index in [1.807, 2.05) is 0 Å². The normalized spacial score (nSPS) is 20.8. The summed E-state index contributed by atoms with van der Waals surface area (Å²) in [5.74, 6) is 0.189. The number of morpholine rings is 1. The van der Waals surface area contributed by atoms with Crippen LogP contribution in [0.15, 0.2) is 24.3 Å². The predicted molar refractivity (Wildman–Crippen MR) is 56.4 cm³/mol. The molecule has 5 nitrogen and oxygen atoms in total. The predicted octanol–water partition coefficient (Wildman–Crippen LogP) is 1.44. The Labute approximate surface area is 92.9 Å². The van der Waals surface area contributed by atoms with Gasteiger partial charge in [0.15, 0.2) is 0 Å². The summed E-state index contributed by atoms with van der Waals surface area (Å²) in [5, 5.41) is 18.0. The standard InChI is InChI=1S/C11H13NO4/c13-9-3-1-8(2-4-9)10-7-12(11(14)15)5-6-16-10/h1-4,10,13H,5-7H2,(H,14,15). The lowest BCUT2D eigenvalue weighted by molar-refractivity contribution is -0.0232. The molecule has 16 heavy (non-hydrogen) atoms. The van der Waals surface area contributed by atoms with Crippen molar-refractivity contribution in [2.24, 2.45) is 0 Å². The number of ether oxygens (including phenoxy) is 1. The number of rotatable bonds is 1. The van der Waals surface area contributed by atoms with Crippen molar-refractivity contribution in [1.29, 1.82) is 0 Å². The zero-order chi connectivity index (χ0) is 11.5. The lowest BCUT2D eigenvalue weighted by atomic mass is 10.1. The number of phenolic OH excluding ortho intramolecular Hbond substituents is 1. The van der Waals surface area contributed by atoms with Gasteiger partial charge in [0.05, 0.1) is 13.2 Å². The van der Waals surface area contributed by atoms with E-state index in [-0.39, 0.29) is 11.9 Å². The Morgan fingerprint density at radius 1 is 1.38 bits per heavy atom. The second kappa shape index (κ2) is 4.40. The molecule has 1 amide bonds. The number of aromatic hydroxyl groups is 1. The van der Waals surface area contributed by atoms with Gasteiger partial charge in [0.1, 0.15) is 11.9 Å². The van der Waals surface area contributed by atoms with Crippen molar-refractivity contribution in [1.82, 2.24) is 4.90 Å². The molecule has 0 saturated carbocycles. The highest BCUT2D eigenvalue weighted by Crippen LogP contribution is 2.23. The summed E-state index contributed by atoms with van der Waals surface area (Å²) in [5.41, 5.74) is 0.878. The van der Waals surface area contributed by atoms with Gasteiger partial charge < -0.3 is 19.8 Å². The maximum absolute atomic E-state index is 10.8. The Balaban J connectivity index is 2.09. The van der Waals surface area contributed by atoms with E-state index in [0.29, 0.717) is 19.7 Å². The highest BCUT2D eigenvalue weighted by atomic mass is 16.5. The van der Waals surface area contributed by atoms with Gasteiger partial charge in [-0.1, -0.05) is 12.1 Å². The molecular formula is C11H13NO4. The average molecular weight is 223 g/mol. The van der Waals surface area contributed by atoms with Crippen molar-refractivity contribution in [3.05, 3.63) is 29.8 Å². The Kier molecular flexibility index (Phi) is 2.96. The fraction of sp³-hybridized carbons (Fsp3) is 0.364. The third kappa shape index (κ3) is 2.25. The molecule has 1 aromatic carbocycles. The van der Waals surface area contributed by atoms with Crippen LogP contribution < -0.4 is 0 Å². The molecule has 1 saturated heterocycles. The summed E-state index contributed by atoms with van der Waals surface area (Å²) in [4.78, 5) is 12.2. The van der Waals surface area contributed by atoms with Gasteiger partial charge in [0, 0.05) is 6.54 Å². The largest absolute Gasteiger partial charge is 0.508 e. The molecule has 0 radical (unpaired) electrons. The Morgan fingerprint density at radius 3 is 2.69 bits per heavy atom. The smallest absolute Gasteiger partial charge is 0.407 e. The molecule has 0 bridgehead atoms. The average Bonchev–Trinajstić information content (AvgIpc) is 2.30. The molecule has 0 aromatic heterocycles. The fourth-order valence-corrected chi connectivity index (χ4v) is 1.71. The molecule has 0 spiro atoms. The molecule has 1 aromatic rings. The zero-order valence-corrected chi connectivity index (χ0v) is 8.67. The van der Waals surface area contributed by atoms with Gasteiger partial charge in [-0.3, -0.25) is 0 Å². The van der Waals surface area contributed by atoms with E-state index in [1.165, 1.54) is 4.90 Å². The van der Waals surface area contributed by atoms with E-state index in [0.717, 1.165) is 5.56 Å². The second-order valence-electron chi connectivity index (χ2n) is 3.68. The molecule has 1 heterocycles. The van der Waals surface area contributed by atoms with Crippen LogP contribution in [0.4, 0.5) is 4.79 Å². The molecule has 0 aliphatic carbocycles. The molecule has 5 heteroatoms. The minimum absolute atomic E-state index is 0.189. The number of carbonyl (C=O) groups is 1. The molecule has 86 valence electrons. The second-order valence-corrected chi connectivity index (χ2v) is 3.68. The molecule has 1 fully saturated rings. The Bertz CT molecular complexity index is 376. The first-order valence-corrected chi connectivity index (χ1v) is 5.05. The zero-order valence-electron chi connectivity index (χ0n) is 8.67. The van der Waals surface area contributed by atoms with Crippen LogP contribution in [0.2, 0.25) is 0 Å². The van der Waals surface area contributed by atoms with Crippen LogP contribution in [0.5, 0.6) is 5.75 Å². The van der Waals surface area contributed by atoms with Crippen molar-refractivity contribution in [2.45, 2.75) is 6.10 Å². The van der Waals surface area contributed by atoms with Crippen LogP contribution >= 0.6 is 0 Å². The summed E-state index contributed by atoms with van der Waals surface area (Å²) in [7, 11) is 0. The number of hydrogen-bond acceptors (Lipinski definition) is 3. The Hall–Kier alpha value is -1.75. The topological polar surface area (TPSA) is 70.0 Å². The van der Waals surface area contributed by atoms with Gasteiger partial charge in [-0.05, 0) is 17.7 Å². The monoisotopic (exact) mass is 223 g/mol. The van der Waals surface area contributed by atoms with Crippen LogP contribution in [0.3, 0.4) is 0 Å². The van der Waals surface area contributed by atoms with E-state index in [9.17, 15) is 4.79 Å². The first kappa shape index (κ1) is 10.8. The van der Waals surface area contributed by atoms with Gasteiger partial charge in [-0.15, -0.1) is 0 Å². The number of phenols is 1. The first-order valence-electron chi connectivity index (χ1n) is 5.05. The van der Waals surface area contributed by atoms with Crippen molar-refractivity contribution in [3.63, 3.8) is 0 Å². The molecule has 1 aliphatic heterocycles. The maximum atomic E-state index is 10.8. The van der Waals surface area contributed by atoms with Gasteiger partial charge in [-0.25, -0.2) is 4.79 Å². The molecule has 2 N–H and O–H groups in total. The van der Waals surface area contributed by atoms with E-state index >= 15 is 0 Å². The quantitative estimate of drug-likeness (QED) is 0.755. The number of carboxylic acid groups (broad SMARTS) is 1. The summed E-state index contributed by atoms with van der Waals surface area (Å²) in [6.07, 6.45) is -1.17. The van der Waals surface area contributed by atoms with E-state index in [1.54, 1.807) is 24.3 Å². The Morgan fingerprint density at radius 2 is 2.06 bits per heavy atom. The van der Waals surface area contributed by atoms with Gasteiger partial charge in [0.25, 0.3) is 0 Å². The van der Waals surface area contributed by atoms with Crippen molar-refractivity contribution >= 4 is 6.09 Å². The van der Waals surface area contributed by atoms with Gasteiger partial charge >= 0.3 is 6.09 Å². The summed E-state index contributed by atoms with van der Waals surface area (Å²) in [6.45, 7) is 1.14. The molecule has 2 rings (SSSR count). The van der Waals surface area contributed by atoms with Crippen molar-refractivity contribution in [2.75, 3.05) is 19.7 Å². The number of nitrogens with zero attached hydrogens (tertiary/aromatic N) is 1. The lowest BCUT2D eigenvalue weighted by Gasteiger charge is -2.31. The minimum atomic E-state index is -0.924. The maximum Gasteiger partial charge on any atom is 0.407 e. The molecule has 1 atom stereocenters. The molecule has 1 unspecified atom stereocenters. The highest BCUT2D eigenvalue weighted by Gasteiger charge is 2.24. The van der Waals surface area contributed by atoms with Crippen LogP contribution in [-0.4, -0.2) is 40.9 Å². The SMILES string of the molecule is O=C(O)N1CCOC(c2ccc(O)cc2)C1. The third-order valence-electron chi connectivity index (χ3n) is 2.60. The number of benzene rings is 1. The van der Waals surface area contributed by atoms with Crippen LogP contribution in [0.1, 0.15) is 11.7 Å². The molecular weight excluding hydrogens is 210 g/mol. The van der Waals surface area contributed by atoms with E-state index < -0.39 is 6.09 Å². The van der Waals surface area contributed by atoms with Crippen LogP contribution in [-0.2, 0) is 4.74 Å². The van der Waals surface area contributed by atoms with Crippen LogP contribution in [0.25, 0.3) is 0 Å². The molecule has 1 aliphatic rings. The third-order valence-corrected chi connectivity index (χ3v) is 2.60. The van der Waals surface area contributed by atoms with E-state index in [4.69, 9.17) is 14.9 Å². The number of amides is 1. The first-order chi connectivity index (χ1) is 7.66. The van der Waals surface area contributed by atoms with Crippen molar-refractivity contribution < 1.29 is 19.7 Å². The van der Waals surface area contributed by atoms with Crippen molar-refractivity contribution in [3.8, 4) is 5.75 Å². The minimum Gasteiger partial charge on any atom is -0.508 e. The summed E-state index contributed by atoms with van der Waals surface area (Å²) in [6, 6.07) is 6.62. The van der Waals surface area contributed by atoms with Gasteiger partial charge in [0.2, 0.25) is 0 Å². The number of hydrogen-bond donors (Lipinski definition) is 2. The lowest BCUT2D eigenvalue weighted by Crippen LogP contribution is -2.41. The van der Waals surface area contributed by atoms with E-state index in [2.05, 4.69) is 0 Å².